The molecule has 0 bridgehead atoms. The van der Waals surface area contributed by atoms with Crippen molar-refractivity contribution in [2.24, 2.45) is 0 Å². The van der Waals surface area contributed by atoms with Crippen molar-refractivity contribution >= 4 is 27.2 Å². The fourth-order valence-electron chi connectivity index (χ4n) is 0.882. The number of nitrogens with one attached hydrogen (secondary N) is 3. The van der Waals surface area contributed by atoms with Crippen LogP contribution in [0.15, 0.2) is 12.1 Å². The van der Waals surface area contributed by atoms with Gasteiger partial charge in [0.15, 0.2) is 0 Å². The van der Waals surface area contributed by atoms with Crippen LogP contribution in [-0.4, -0.2) is 26.5 Å². The molecule has 13 heavy (non-hydrogen) atoms. The fraction of sp³-hybridized carbons (Fsp3) is 0.375. The molecule has 1 heterocycles. The number of rotatable bonds is 4. The van der Waals surface area contributed by atoms with E-state index in [2.05, 4.69) is 16.0 Å². The molecule has 0 aromatic carbocycles. The Morgan fingerprint density at radius 2 is 2.08 bits per heavy atom. The van der Waals surface area contributed by atoms with Gasteiger partial charge >= 0.3 is 0 Å². The fourth-order valence-corrected chi connectivity index (χ4v) is 1.66. The van der Waals surface area contributed by atoms with Crippen LogP contribution in [0, 0.1) is 0 Å². The molecule has 0 aliphatic rings. The van der Waals surface area contributed by atoms with E-state index in [9.17, 15) is 4.79 Å². The van der Waals surface area contributed by atoms with Gasteiger partial charge in [0.1, 0.15) is 0 Å². The first kappa shape index (κ1) is 10.0. The summed E-state index contributed by atoms with van der Waals surface area (Å²) in [6.45, 7) is 0.340. The molecule has 0 saturated carbocycles. The summed E-state index contributed by atoms with van der Waals surface area (Å²) in [6, 6.07) is 3.81. The lowest BCUT2D eigenvalue weighted by atomic mass is 10.5. The standard InChI is InChI=1S/C8H13N3OS/c1-9-5-6(12)11-8-4-3-7(10-2)13-8/h3-4,9-10H,5H2,1-2H3,(H,11,12). The van der Waals surface area contributed by atoms with Gasteiger partial charge in [-0.1, -0.05) is 0 Å². The summed E-state index contributed by atoms with van der Waals surface area (Å²) in [5, 5.41) is 10.5. The topological polar surface area (TPSA) is 53.2 Å². The predicted molar refractivity (Wildman–Crippen MR) is 56.4 cm³/mol. The molecule has 72 valence electrons. The van der Waals surface area contributed by atoms with Gasteiger partial charge in [-0.25, -0.2) is 0 Å². The second-order valence-corrected chi connectivity index (χ2v) is 3.58. The maximum Gasteiger partial charge on any atom is 0.238 e. The van der Waals surface area contributed by atoms with E-state index in [0.717, 1.165) is 10.0 Å². The zero-order valence-corrected chi connectivity index (χ0v) is 8.49. The van der Waals surface area contributed by atoms with Gasteiger partial charge in [0, 0.05) is 7.05 Å². The minimum absolute atomic E-state index is 0.0213. The third-order valence-electron chi connectivity index (χ3n) is 1.45. The van der Waals surface area contributed by atoms with E-state index in [1.807, 2.05) is 19.2 Å². The van der Waals surface area contributed by atoms with Gasteiger partial charge in [0.05, 0.1) is 16.5 Å². The molecule has 1 aromatic heterocycles. The van der Waals surface area contributed by atoms with Crippen molar-refractivity contribution in [2.45, 2.75) is 0 Å². The van der Waals surface area contributed by atoms with Crippen molar-refractivity contribution in [1.29, 1.82) is 0 Å². The average Bonchev–Trinajstić information content (AvgIpc) is 2.52. The first-order valence-corrected chi connectivity index (χ1v) is 4.80. The molecule has 0 aliphatic heterocycles. The van der Waals surface area contributed by atoms with Crippen LogP contribution in [0.5, 0.6) is 0 Å². The molecule has 0 saturated heterocycles. The molecule has 4 nitrogen and oxygen atoms in total. The van der Waals surface area contributed by atoms with E-state index in [0.29, 0.717) is 6.54 Å². The van der Waals surface area contributed by atoms with Crippen molar-refractivity contribution in [2.75, 3.05) is 31.3 Å². The lowest BCUT2D eigenvalue weighted by Crippen LogP contribution is -2.24. The van der Waals surface area contributed by atoms with Gasteiger partial charge in [-0.05, 0) is 19.2 Å². The Morgan fingerprint density at radius 1 is 1.38 bits per heavy atom. The largest absolute Gasteiger partial charge is 0.380 e. The molecular weight excluding hydrogens is 186 g/mol. The van der Waals surface area contributed by atoms with E-state index in [1.165, 1.54) is 11.3 Å². The summed E-state index contributed by atoms with van der Waals surface area (Å²) in [6.07, 6.45) is 0. The van der Waals surface area contributed by atoms with Gasteiger partial charge in [-0.15, -0.1) is 11.3 Å². The van der Waals surface area contributed by atoms with Crippen LogP contribution in [0.2, 0.25) is 0 Å². The molecule has 0 spiro atoms. The zero-order valence-electron chi connectivity index (χ0n) is 7.68. The van der Waals surface area contributed by atoms with Crippen molar-refractivity contribution < 1.29 is 4.79 Å². The van der Waals surface area contributed by atoms with Crippen molar-refractivity contribution in [3.63, 3.8) is 0 Å². The number of carbonyl (C=O) groups excluding carboxylic acids is 1. The molecule has 0 radical (unpaired) electrons. The third-order valence-corrected chi connectivity index (χ3v) is 2.47. The summed E-state index contributed by atoms with van der Waals surface area (Å²) in [5.74, 6) is -0.0213. The monoisotopic (exact) mass is 199 g/mol. The maximum absolute atomic E-state index is 11.1. The van der Waals surface area contributed by atoms with Gasteiger partial charge in [-0.3, -0.25) is 4.79 Å². The Labute approximate surface area is 81.3 Å². The van der Waals surface area contributed by atoms with Crippen LogP contribution in [-0.2, 0) is 4.79 Å². The lowest BCUT2D eigenvalue weighted by molar-refractivity contribution is -0.115. The number of thiophene rings is 1. The summed E-state index contributed by atoms with van der Waals surface area (Å²) in [5.41, 5.74) is 0. The Balaban J connectivity index is 2.49. The highest BCUT2D eigenvalue weighted by molar-refractivity contribution is 7.20. The van der Waals surface area contributed by atoms with E-state index in [-0.39, 0.29) is 5.91 Å². The zero-order chi connectivity index (χ0) is 9.68. The molecule has 1 aromatic rings. The Kier molecular flexibility index (Phi) is 3.72. The highest BCUT2D eigenvalue weighted by Gasteiger charge is 2.02. The van der Waals surface area contributed by atoms with Gasteiger partial charge in [0.25, 0.3) is 0 Å². The Morgan fingerprint density at radius 3 is 2.62 bits per heavy atom. The second-order valence-electron chi connectivity index (χ2n) is 2.49. The molecule has 0 atom stereocenters. The van der Waals surface area contributed by atoms with E-state index in [4.69, 9.17) is 0 Å². The van der Waals surface area contributed by atoms with Crippen LogP contribution >= 0.6 is 11.3 Å². The minimum atomic E-state index is -0.0213. The molecule has 0 fully saturated rings. The van der Waals surface area contributed by atoms with Crippen molar-refractivity contribution in [3.8, 4) is 0 Å². The van der Waals surface area contributed by atoms with Gasteiger partial charge in [-0.2, -0.15) is 0 Å². The smallest absolute Gasteiger partial charge is 0.238 e. The molecule has 5 heteroatoms. The normalized spacial score (nSPS) is 9.69. The van der Waals surface area contributed by atoms with Crippen molar-refractivity contribution in [3.05, 3.63) is 12.1 Å². The van der Waals surface area contributed by atoms with E-state index in [1.54, 1.807) is 7.05 Å². The highest BCUT2D eigenvalue weighted by Crippen LogP contribution is 2.25. The number of likely N-dealkylation sites (N-methyl/N-ethyl adjacent to an activating group) is 1. The van der Waals surface area contributed by atoms with Crippen LogP contribution in [0.25, 0.3) is 0 Å². The first-order valence-electron chi connectivity index (χ1n) is 3.98. The Bertz CT molecular complexity index is 285. The van der Waals surface area contributed by atoms with E-state index < -0.39 is 0 Å². The molecule has 1 rings (SSSR count). The number of anilines is 2. The lowest BCUT2D eigenvalue weighted by Gasteiger charge is -2.00. The molecular formula is C8H13N3OS. The molecule has 0 aliphatic carbocycles. The summed E-state index contributed by atoms with van der Waals surface area (Å²) in [4.78, 5) is 11.1. The quantitative estimate of drug-likeness (QED) is 0.676. The van der Waals surface area contributed by atoms with Crippen LogP contribution in [0.3, 0.4) is 0 Å². The number of carbonyl (C=O) groups is 1. The summed E-state index contributed by atoms with van der Waals surface area (Å²) < 4.78 is 0. The van der Waals surface area contributed by atoms with Gasteiger partial charge in [0.2, 0.25) is 5.91 Å². The number of hydrogen-bond donors (Lipinski definition) is 3. The van der Waals surface area contributed by atoms with Crippen LogP contribution in [0.4, 0.5) is 10.0 Å². The predicted octanol–water partition coefficient (Wildman–Crippen LogP) is 0.948. The second kappa shape index (κ2) is 4.84. The molecule has 1 amide bonds. The van der Waals surface area contributed by atoms with Crippen LogP contribution in [0.1, 0.15) is 0 Å². The van der Waals surface area contributed by atoms with Crippen molar-refractivity contribution in [1.82, 2.24) is 5.32 Å². The van der Waals surface area contributed by atoms with Crippen LogP contribution < -0.4 is 16.0 Å². The number of hydrogen-bond acceptors (Lipinski definition) is 4. The summed E-state index contributed by atoms with van der Waals surface area (Å²) in [7, 11) is 3.60. The first-order chi connectivity index (χ1) is 6.26. The third kappa shape index (κ3) is 3.04. The Hall–Kier alpha value is -1.07. The minimum Gasteiger partial charge on any atom is -0.380 e. The van der Waals surface area contributed by atoms with Gasteiger partial charge < -0.3 is 16.0 Å². The van der Waals surface area contributed by atoms with E-state index >= 15 is 0 Å². The molecule has 3 N–H and O–H groups in total. The molecule has 0 unspecified atom stereocenters. The summed E-state index contributed by atoms with van der Waals surface area (Å²) >= 11 is 1.52. The highest BCUT2D eigenvalue weighted by atomic mass is 32.1. The SMILES string of the molecule is CNCC(=O)Nc1ccc(NC)s1. The average molecular weight is 199 g/mol. The maximum atomic E-state index is 11.1. The number of amides is 1.